The number of likely N-dealkylation sites (tertiary alicyclic amines) is 1. The SMILES string of the molecule is CNC(=O)N[C@H]1CCC[C@@H]1C1(C2CCN(CC3CN(c4ccc(S(=O)(=O)c5cnn(C)c5)cc4)C3)CC2)CNCc2ccccc21. The lowest BCUT2D eigenvalue weighted by Crippen LogP contribution is -2.60. The van der Waals surface area contributed by atoms with Crippen molar-refractivity contribution in [1.82, 2.24) is 30.6 Å². The molecule has 4 heterocycles. The Labute approximate surface area is 272 Å². The van der Waals surface area contributed by atoms with Gasteiger partial charge in [0.2, 0.25) is 9.84 Å². The number of hydrogen-bond acceptors (Lipinski definition) is 7. The second-order valence-electron chi connectivity index (χ2n) is 13.9. The van der Waals surface area contributed by atoms with Crippen molar-refractivity contribution >= 4 is 21.6 Å². The van der Waals surface area contributed by atoms with Gasteiger partial charge in [-0.25, -0.2) is 13.2 Å². The molecule has 4 aliphatic rings. The van der Waals surface area contributed by atoms with Crippen molar-refractivity contribution in [2.75, 3.05) is 51.2 Å². The second kappa shape index (κ2) is 12.7. The van der Waals surface area contributed by atoms with E-state index in [4.69, 9.17) is 0 Å². The predicted octanol–water partition coefficient (Wildman–Crippen LogP) is 3.54. The number of anilines is 1. The standard InChI is InChI=1S/C35H47N7O3S/c1-36-34(43)39-33-9-5-8-32(33)35(24-37-18-26-6-3-4-7-31(26)35)27-14-16-41(17-15-27)20-25-21-42(22-25)28-10-12-29(13-11-28)46(44,45)30-19-38-40(2)23-30/h3-4,6-7,10-13,19,23,25,27,32-33,37H,5,8-9,14-18,20-22,24H2,1-2H3,(H2,36,39,43)/t32-,33-,35?/m0/s1. The maximum atomic E-state index is 12.9. The van der Waals surface area contributed by atoms with Crippen molar-refractivity contribution in [2.24, 2.45) is 24.8 Å². The van der Waals surface area contributed by atoms with Gasteiger partial charge in [0.05, 0.1) is 11.1 Å². The molecule has 3 atom stereocenters. The number of aryl methyl sites for hydroxylation is 1. The summed E-state index contributed by atoms with van der Waals surface area (Å²) in [6.07, 6.45) is 8.62. The van der Waals surface area contributed by atoms with E-state index in [9.17, 15) is 13.2 Å². The molecule has 3 aliphatic heterocycles. The van der Waals surface area contributed by atoms with E-state index in [1.54, 1.807) is 26.2 Å². The number of nitrogens with one attached hydrogen (secondary N) is 3. The number of carbonyl (C=O) groups excluding carboxylic acids is 1. The van der Waals surface area contributed by atoms with Gasteiger partial charge in [0.1, 0.15) is 4.90 Å². The second-order valence-corrected chi connectivity index (χ2v) is 15.8. The third-order valence-corrected chi connectivity index (χ3v) is 13.0. The predicted molar refractivity (Wildman–Crippen MR) is 179 cm³/mol. The number of amides is 2. The Hall–Kier alpha value is -3.41. The van der Waals surface area contributed by atoms with E-state index < -0.39 is 9.84 Å². The molecule has 246 valence electrons. The summed E-state index contributed by atoms with van der Waals surface area (Å²) in [6.45, 7) is 7.18. The maximum Gasteiger partial charge on any atom is 0.314 e. The van der Waals surface area contributed by atoms with Crippen LogP contribution in [0.25, 0.3) is 0 Å². The summed E-state index contributed by atoms with van der Waals surface area (Å²) in [5.41, 5.74) is 4.02. The Morgan fingerprint density at radius 3 is 2.50 bits per heavy atom. The summed E-state index contributed by atoms with van der Waals surface area (Å²) < 4.78 is 27.4. The highest BCUT2D eigenvalue weighted by atomic mass is 32.2. The molecular formula is C35H47N7O3S. The molecule has 1 saturated carbocycles. The van der Waals surface area contributed by atoms with Gasteiger partial charge < -0.3 is 25.8 Å². The Bertz CT molecular complexity index is 1640. The van der Waals surface area contributed by atoms with Crippen LogP contribution in [0.2, 0.25) is 0 Å². The van der Waals surface area contributed by atoms with Gasteiger partial charge in [-0.05, 0) is 86.0 Å². The van der Waals surface area contributed by atoms with E-state index in [0.29, 0.717) is 22.6 Å². The molecule has 2 aromatic carbocycles. The van der Waals surface area contributed by atoms with Crippen LogP contribution < -0.4 is 20.9 Å². The van der Waals surface area contributed by atoms with Crippen LogP contribution >= 0.6 is 0 Å². The zero-order valence-electron chi connectivity index (χ0n) is 27.0. The average molecular weight is 646 g/mol. The Morgan fingerprint density at radius 1 is 1.02 bits per heavy atom. The van der Waals surface area contributed by atoms with E-state index in [0.717, 1.165) is 70.8 Å². The Balaban J connectivity index is 0.982. The van der Waals surface area contributed by atoms with Crippen molar-refractivity contribution in [3.05, 3.63) is 72.1 Å². The smallest absolute Gasteiger partial charge is 0.314 e. The Morgan fingerprint density at radius 2 is 1.78 bits per heavy atom. The summed E-state index contributed by atoms with van der Waals surface area (Å²) >= 11 is 0. The summed E-state index contributed by atoms with van der Waals surface area (Å²) in [4.78, 5) is 18.0. The number of urea groups is 1. The van der Waals surface area contributed by atoms with E-state index in [1.165, 1.54) is 41.0 Å². The van der Waals surface area contributed by atoms with Crippen LogP contribution in [-0.4, -0.2) is 81.5 Å². The lowest BCUT2D eigenvalue weighted by atomic mass is 9.56. The lowest BCUT2D eigenvalue weighted by Gasteiger charge is -2.53. The van der Waals surface area contributed by atoms with Crippen molar-refractivity contribution < 1.29 is 13.2 Å². The van der Waals surface area contributed by atoms with Gasteiger partial charge >= 0.3 is 6.03 Å². The van der Waals surface area contributed by atoms with Crippen molar-refractivity contribution in [2.45, 2.75) is 59.9 Å². The van der Waals surface area contributed by atoms with Crippen molar-refractivity contribution in [1.29, 1.82) is 0 Å². The topological polar surface area (TPSA) is 112 Å². The largest absolute Gasteiger partial charge is 0.371 e. The average Bonchev–Trinajstić information content (AvgIpc) is 3.72. The minimum atomic E-state index is -3.56. The highest BCUT2D eigenvalue weighted by Crippen LogP contribution is 2.52. The molecule has 7 rings (SSSR count). The van der Waals surface area contributed by atoms with Crippen molar-refractivity contribution in [3.8, 4) is 0 Å². The number of rotatable bonds is 8. The first kappa shape index (κ1) is 31.2. The number of hydrogen-bond donors (Lipinski definition) is 3. The molecule has 0 radical (unpaired) electrons. The molecule has 46 heavy (non-hydrogen) atoms. The lowest BCUT2D eigenvalue weighted by molar-refractivity contribution is 0.0628. The zero-order valence-corrected chi connectivity index (χ0v) is 27.8. The Kier molecular flexibility index (Phi) is 8.58. The fourth-order valence-electron chi connectivity index (χ4n) is 9.02. The minimum Gasteiger partial charge on any atom is -0.371 e. The third-order valence-electron chi connectivity index (χ3n) is 11.3. The van der Waals surface area contributed by atoms with E-state index in [2.05, 4.69) is 55.1 Å². The molecular weight excluding hydrogens is 598 g/mol. The summed E-state index contributed by atoms with van der Waals surface area (Å²) in [5.74, 6) is 1.59. The number of sulfone groups is 1. The molecule has 1 unspecified atom stereocenters. The molecule has 0 bridgehead atoms. The van der Waals surface area contributed by atoms with Crippen LogP contribution in [0.3, 0.4) is 0 Å². The fraction of sp³-hybridized carbons (Fsp3) is 0.543. The summed E-state index contributed by atoms with van der Waals surface area (Å²) in [7, 11) is -0.140. The normalized spacial score (nSPS) is 26.0. The van der Waals surface area contributed by atoms with Crippen LogP contribution in [0.5, 0.6) is 0 Å². The first-order valence-electron chi connectivity index (χ1n) is 16.9. The molecule has 3 aromatic rings. The van der Waals surface area contributed by atoms with Gasteiger partial charge in [0.15, 0.2) is 0 Å². The van der Waals surface area contributed by atoms with Crippen LogP contribution in [0.15, 0.2) is 70.7 Å². The highest BCUT2D eigenvalue weighted by molar-refractivity contribution is 7.91. The molecule has 2 amide bonds. The molecule has 1 aromatic heterocycles. The summed E-state index contributed by atoms with van der Waals surface area (Å²) in [6, 6.07) is 16.4. The molecule has 1 aliphatic carbocycles. The van der Waals surface area contributed by atoms with Gasteiger partial charge in [0.25, 0.3) is 0 Å². The van der Waals surface area contributed by atoms with Gasteiger partial charge in [-0.15, -0.1) is 0 Å². The van der Waals surface area contributed by atoms with E-state index >= 15 is 0 Å². The third kappa shape index (κ3) is 5.71. The van der Waals surface area contributed by atoms with Crippen LogP contribution in [0.1, 0.15) is 43.2 Å². The zero-order chi connectivity index (χ0) is 31.9. The van der Waals surface area contributed by atoms with E-state index in [-0.39, 0.29) is 22.4 Å². The van der Waals surface area contributed by atoms with Crippen LogP contribution in [0, 0.1) is 17.8 Å². The van der Waals surface area contributed by atoms with Gasteiger partial charge in [-0.1, -0.05) is 30.7 Å². The molecule has 0 spiro atoms. The molecule has 2 saturated heterocycles. The van der Waals surface area contributed by atoms with E-state index in [1.807, 2.05) is 12.1 Å². The number of fused-ring (bicyclic) bond motifs is 1. The molecule has 3 fully saturated rings. The number of aromatic nitrogens is 2. The molecule has 11 heteroatoms. The number of benzene rings is 2. The van der Waals surface area contributed by atoms with Gasteiger partial charge in [0, 0.05) is 76.1 Å². The summed E-state index contributed by atoms with van der Waals surface area (Å²) in [5, 5.41) is 13.9. The van der Waals surface area contributed by atoms with Crippen molar-refractivity contribution in [3.63, 3.8) is 0 Å². The highest BCUT2D eigenvalue weighted by Gasteiger charge is 2.53. The quantitative estimate of drug-likeness (QED) is 0.344. The first-order chi connectivity index (χ1) is 22.3. The fourth-order valence-corrected chi connectivity index (χ4v) is 10.3. The molecule has 10 nitrogen and oxygen atoms in total. The number of carbonyl (C=O) groups is 1. The monoisotopic (exact) mass is 645 g/mol. The maximum absolute atomic E-state index is 12.9. The minimum absolute atomic E-state index is 0.0209. The van der Waals surface area contributed by atoms with Gasteiger partial charge in [-0.2, -0.15) is 5.10 Å². The molecule has 3 N–H and O–H groups in total. The number of nitrogens with zero attached hydrogens (tertiary/aromatic N) is 4. The van der Waals surface area contributed by atoms with Crippen LogP contribution in [0.4, 0.5) is 10.5 Å². The number of piperidine rings is 1. The van der Waals surface area contributed by atoms with Gasteiger partial charge in [-0.3, -0.25) is 4.68 Å². The first-order valence-corrected chi connectivity index (χ1v) is 18.3. The van der Waals surface area contributed by atoms with Crippen LogP contribution in [-0.2, 0) is 28.8 Å².